The maximum atomic E-state index is 12.5. The minimum Gasteiger partial charge on any atom is -0.373 e. The average molecular weight is 323 g/mol. The van der Waals surface area contributed by atoms with Crippen molar-refractivity contribution in [1.82, 2.24) is 10.2 Å². The van der Waals surface area contributed by atoms with E-state index in [1.807, 2.05) is 13.8 Å². The number of carbonyl (C=O) groups excluding carboxylic acids is 3. The number of nitrogens with zero attached hydrogens (tertiary/aromatic N) is 1. The van der Waals surface area contributed by atoms with E-state index < -0.39 is 5.54 Å². The standard InChI is InChI=1S/C16H25N3O4/c1-3-16(4-2,8-17)18-11(20)7-19-14(21)12-9-5-6-10(23-9)13(12)15(19)22/h9-10,12-13H,3-8,17H2,1-2H3,(H,18,20). The normalized spacial score (nSPS) is 32.6. The number of likely N-dealkylation sites (tertiary alicyclic amines) is 1. The molecule has 23 heavy (non-hydrogen) atoms. The number of nitrogens with one attached hydrogen (secondary N) is 1. The van der Waals surface area contributed by atoms with E-state index in [1.54, 1.807) is 0 Å². The molecule has 0 saturated carbocycles. The molecule has 3 heterocycles. The number of hydrogen-bond acceptors (Lipinski definition) is 5. The molecule has 2 bridgehead atoms. The van der Waals surface area contributed by atoms with Crippen LogP contribution < -0.4 is 11.1 Å². The summed E-state index contributed by atoms with van der Waals surface area (Å²) >= 11 is 0. The van der Waals surface area contributed by atoms with Gasteiger partial charge in [-0.3, -0.25) is 19.3 Å². The highest BCUT2D eigenvalue weighted by molar-refractivity contribution is 6.08. The van der Waals surface area contributed by atoms with Gasteiger partial charge in [0, 0.05) is 6.54 Å². The molecule has 4 atom stereocenters. The van der Waals surface area contributed by atoms with Gasteiger partial charge in [-0.2, -0.15) is 0 Å². The van der Waals surface area contributed by atoms with Gasteiger partial charge in [-0.05, 0) is 25.7 Å². The molecule has 0 aromatic rings. The quantitative estimate of drug-likeness (QED) is 0.658. The molecule has 3 amide bonds. The van der Waals surface area contributed by atoms with Crippen molar-refractivity contribution >= 4 is 17.7 Å². The maximum absolute atomic E-state index is 12.5. The van der Waals surface area contributed by atoms with Crippen LogP contribution in [0.2, 0.25) is 0 Å². The summed E-state index contributed by atoms with van der Waals surface area (Å²) in [5.74, 6) is -1.60. The summed E-state index contributed by atoms with van der Waals surface area (Å²) in [5.41, 5.74) is 5.31. The number of nitrogens with two attached hydrogens (primary N) is 1. The van der Waals surface area contributed by atoms with Gasteiger partial charge in [-0.1, -0.05) is 13.8 Å². The first-order valence-corrected chi connectivity index (χ1v) is 8.48. The Balaban J connectivity index is 1.68. The first-order valence-electron chi connectivity index (χ1n) is 8.48. The lowest BCUT2D eigenvalue weighted by Crippen LogP contribution is -2.55. The van der Waals surface area contributed by atoms with Gasteiger partial charge in [0.15, 0.2) is 0 Å². The Bertz CT molecular complexity index is 495. The molecular formula is C16H25N3O4. The highest BCUT2D eigenvalue weighted by Gasteiger charge is 2.62. The van der Waals surface area contributed by atoms with Crippen molar-refractivity contribution in [3.63, 3.8) is 0 Å². The van der Waals surface area contributed by atoms with Gasteiger partial charge in [0.2, 0.25) is 17.7 Å². The zero-order valence-corrected chi connectivity index (χ0v) is 13.7. The summed E-state index contributed by atoms with van der Waals surface area (Å²) in [7, 11) is 0. The van der Waals surface area contributed by atoms with Crippen molar-refractivity contribution in [3.8, 4) is 0 Å². The Labute approximate surface area is 135 Å². The molecule has 7 nitrogen and oxygen atoms in total. The predicted octanol–water partition coefficient (Wildman–Crippen LogP) is -0.217. The van der Waals surface area contributed by atoms with E-state index in [9.17, 15) is 14.4 Å². The Morgan fingerprint density at radius 2 is 1.74 bits per heavy atom. The zero-order chi connectivity index (χ0) is 16.8. The molecule has 0 aliphatic carbocycles. The van der Waals surface area contributed by atoms with E-state index in [-0.39, 0.29) is 48.3 Å². The molecular weight excluding hydrogens is 298 g/mol. The van der Waals surface area contributed by atoms with Crippen molar-refractivity contribution in [2.45, 2.75) is 57.3 Å². The Hall–Kier alpha value is -1.47. The fraction of sp³-hybridized carbons (Fsp3) is 0.812. The lowest BCUT2D eigenvalue weighted by molar-refractivity contribution is -0.146. The van der Waals surface area contributed by atoms with Crippen molar-refractivity contribution in [1.29, 1.82) is 0 Å². The second-order valence-corrected chi connectivity index (χ2v) is 6.84. The molecule has 3 saturated heterocycles. The second-order valence-electron chi connectivity index (χ2n) is 6.84. The topological polar surface area (TPSA) is 102 Å². The number of imide groups is 1. The Kier molecular flexibility index (Phi) is 4.18. The van der Waals surface area contributed by atoms with Gasteiger partial charge in [0.25, 0.3) is 0 Å². The third-order valence-corrected chi connectivity index (χ3v) is 5.83. The Morgan fingerprint density at radius 3 is 2.17 bits per heavy atom. The Morgan fingerprint density at radius 1 is 1.22 bits per heavy atom. The number of ether oxygens (including phenoxy) is 1. The molecule has 3 N–H and O–H groups in total. The molecule has 4 unspecified atom stereocenters. The molecule has 0 aromatic heterocycles. The van der Waals surface area contributed by atoms with E-state index in [4.69, 9.17) is 10.5 Å². The van der Waals surface area contributed by atoms with Crippen LogP contribution in [0, 0.1) is 11.8 Å². The molecule has 0 aromatic carbocycles. The molecule has 3 aliphatic rings. The van der Waals surface area contributed by atoms with E-state index in [0.29, 0.717) is 19.4 Å². The fourth-order valence-electron chi connectivity index (χ4n) is 4.18. The molecule has 0 spiro atoms. The average Bonchev–Trinajstić information content (AvgIpc) is 3.23. The van der Waals surface area contributed by atoms with Crippen LogP contribution in [0.25, 0.3) is 0 Å². The van der Waals surface area contributed by atoms with E-state index in [2.05, 4.69) is 5.32 Å². The lowest BCUT2D eigenvalue weighted by atomic mass is 9.81. The van der Waals surface area contributed by atoms with E-state index >= 15 is 0 Å². The molecule has 128 valence electrons. The molecule has 3 rings (SSSR count). The second kappa shape index (κ2) is 5.87. The monoisotopic (exact) mass is 323 g/mol. The highest BCUT2D eigenvalue weighted by atomic mass is 16.5. The first kappa shape index (κ1) is 16.4. The van der Waals surface area contributed by atoms with Gasteiger partial charge in [0.05, 0.1) is 29.6 Å². The van der Waals surface area contributed by atoms with Crippen LogP contribution in [0.5, 0.6) is 0 Å². The van der Waals surface area contributed by atoms with Crippen LogP contribution in [0.4, 0.5) is 0 Å². The van der Waals surface area contributed by atoms with Crippen molar-refractivity contribution in [2.75, 3.05) is 13.1 Å². The van der Waals surface area contributed by atoms with Gasteiger partial charge < -0.3 is 15.8 Å². The first-order chi connectivity index (χ1) is 11.0. The van der Waals surface area contributed by atoms with E-state index in [1.165, 1.54) is 0 Å². The fourth-order valence-corrected chi connectivity index (χ4v) is 4.18. The van der Waals surface area contributed by atoms with Gasteiger partial charge in [0.1, 0.15) is 6.54 Å². The highest BCUT2D eigenvalue weighted by Crippen LogP contribution is 2.48. The third-order valence-electron chi connectivity index (χ3n) is 5.83. The lowest BCUT2D eigenvalue weighted by Gasteiger charge is -2.32. The summed E-state index contributed by atoms with van der Waals surface area (Å²) in [5, 5.41) is 2.91. The molecule has 0 radical (unpaired) electrons. The molecule has 3 aliphatic heterocycles. The minimum atomic E-state index is -0.471. The summed E-state index contributed by atoms with van der Waals surface area (Å²) in [6.45, 7) is 4.03. The van der Waals surface area contributed by atoms with Crippen LogP contribution in [-0.4, -0.2) is 53.5 Å². The van der Waals surface area contributed by atoms with Gasteiger partial charge in [-0.15, -0.1) is 0 Å². The minimum absolute atomic E-state index is 0.149. The van der Waals surface area contributed by atoms with Crippen molar-refractivity contribution < 1.29 is 19.1 Å². The largest absolute Gasteiger partial charge is 0.373 e. The smallest absolute Gasteiger partial charge is 0.240 e. The molecule has 3 fully saturated rings. The van der Waals surface area contributed by atoms with Crippen LogP contribution in [0.15, 0.2) is 0 Å². The van der Waals surface area contributed by atoms with Crippen molar-refractivity contribution in [3.05, 3.63) is 0 Å². The third kappa shape index (κ3) is 2.46. The van der Waals surface area contributed by atoms with Gasteiger partial charge >= 0.3 is 0 Å². The van der Waals surface area contributed by atoms with Crippen LogP contribution >= 0.6 is 0 Å². The maximum Gasteiger partial charge on any atom is 0.240 e. The number of fused-ring (bicyclic) bond motifs is 5. The number of carbonyl (C=O) groups is 3. The molecule has 7 heteroatoms. The SMILES string of the molecule is CCC(CC)(CN)NC(=O)CN1C(=O)C2C3CCC(O3)C2C1=O. The van der Waals surface area contributed by atoms with E-state index in [0.717, 1.165) is 17.7 Å². The summed E-state index contributed by atoms with van der Waals surface area (Å²) in [6, 6.07) is 0. The number of hydrogen-bond donors (Lipinski definition) is 2. The van der Waals surface area contributed by atoms with Crippen LogP contribution in [-0.2, 0) is 19.1 Å². The van der Waals surface area contributed by atoms with Crippen LogP contribution in [0.1, 0.15) is 39.5 Å². The number of rotatable bonds is 6. The number of amides is 3. The van der Waals surface area contributed by atoms with Gasteiger partial charge in [-0.25, -0.2) is 0 Å². The van der Waals surface area contributed by atoms with Crippen LogP contribution in [0.3, 0.4) is 0 Å². The summed E-state index contributed by atoms with van der Waals surface area (Å²) < 4.78 is 5.68. The zero-order valence-electron chi connectivity index (χ0n) is 13.7. The predicted molar refractivity (Wildman–Crippen MR) is 82.1 cm³/mol. The summed E-state index contributed by atoms with van der Waals surface area (Å²) in [4.78, 5) is 38.5. The van der Waals surface area contributed by atoms with Crippen molar-refractivity contribution in [2.24, 2.45) is 17.6 Å². The summed E-state index contributed by atoms with van der Waals surface area (Å²) in [6.07, 6.45) is 2.76.